The molecular formula is C16H18N2O6. The van der Waals surface area contributed by atoms with Crippen LogP contribution in [0.4, 0.5) is 0 Å². The fourth-order valence-electron chi connectivity index (χ4n) is 2.05. The van der Waals surface area contributed by atoms with Crippen molar-refractivity contribution in [1.29, 1.82) is 0 Å². The van der Waals surface area contributed by atoms with E-state index in [9.17, 15) is 14.4 Å². The Morgan fingerprint density at radius 1 is 1.25 bits per heavy atom. The fourth-order valence-corrected chi connectivity index (χ4v) is 2.05. The summed E-state index contributed by atoms with van der Waals surface area (Å²) in [5.74, 6) is -0.627. The zero-order chi connectivity index (χ0) is 17.5. The molecule has 0 aliphatic carbocycles. The Morgan fingerprint density at radius 2 is 2.00 bits per heavy atom. The molecule has 1 aromatic rings. The number of fused-ring (bicyclic) bond motifs is 1. The predicted molar refractivity (Wildman–Crippen MR) is 84.2 cm³/mol. The third-order valence-corrected chi connectivity index (χ3v) is 3.12. The van der Waals surface area contributed by atoms with E-state index in [0.717, 1.165) is 0 Å². The quantitative estimate of drug-likeness (QED) is 0.504. The zero-order valence-corrected chi connectivity index (χ0v) is 13.1. The van der Waals surface area contributed by atoms with E-state index >= 15 is 0 Å². The number of hydrogen-bond acceptors (Lipinski definition) is 5. The number of carboxylic acid groups (broad SMARTS) is 1. The van der Waals surface area contributed by atoms with Gasteiger partial charge >= 0.3 is 5.97 Å². The summed E-state index contributed by atoms with van der Waals surface area (Å²) in [4.78, 5) is 33.9. The van der Waals surface area contributed by atoms with E-state index in [4.69, 9.17) is 14.6 Å². The van der Waals surface area contributed by atoms with Crippen molar-refractivity contribution in [3.63, 3.8) is 0 Å². The van der Waals surface area contributed by atoms with Crippen LogP contribution >= 0.6 is 0 Å². The third kappa shape index (κ3) is 5.01. The molecule has 0 saturated heterocycles. The lowest BCUT2D eigenvalue weighted by Gasteiger charge is -2.09. The molecule has 1 aromatic carbocycles. The highest BCUT2D eigenvalue weighted by molar-refractivity contribution is 6.00. The molecule has 3 N–H and O–H groups in total. The fraction of sp³-hybridized carbons (Fsp3) is 0.312. The molecule has 2 amide bonds. The molecule has 1 aliphatic rings. The number of carboxylic acids is 1. The van der Waals surface area contributed by atoms with E-state index < -0.39 is 11.9 Å². The second-order valence-corrected chi connectivity index (χ2v) is 5.11. The largest absolute Gasteiger partial charge is 0.481 e. The van der Waals surface area contributed by atoms with Gasteiger partial charge in [-0.1, -0.05) is 6.07 Å². The SMILES string of the molecule is CC(=O)N/C(=C\c1ccc2c(c1)OCO2)C(=O)NCCCC(=O)O. The van der Waals surface area contributed by atoms with Crippen molar-refractivity contribution in [3.8, 4) is 11.5 Å². The van der Waals surface area contributed by atoms with Gasteiger partial charge in [0.2, 0.25) is 12.7 Å². The Morgan fingerprint density at radius 3 is 2.71 bits per heavy atom. The molecule has 0 atom stereocenters. The van der Waals surface area contributed by atoms with Crippen molar-refractivity contribution >= 4 is 23.9 Å². The average molecular weight is 334 g/mol. The van der Waals surface area contributed by atoms with Crippen LogP contribution in [0.3, 0.4) is 0 Å². The van der Waals surface area contributed by atoms with Crippen LogP contribution < -0.4 is 20.1 Å². The van der Waals surface area contributed by atoms with E-state index in [1.165, 1.54) is 13.0 Å². The van der Waals surface area contributed by atoms with E-state index in [-0.39, 0.29) is 31.4 Å². The monoisotopic (exact) mass is 334 g/mol. The van der Waals surface area contributed by atoms with E-state index in [1.807, 2.05) is 0 Å². The number of carbonyl (C=O) groups is 3. The van der Waals surface area contributed by atoms with Gasteiger partial charge < -0.3 is 25.2 Å². The first kappa shape index (κ1) is 17.3. The Bertz CT molecular complexity index is 683. The van der Waals surface area contributed by atoms with Crippen molar-refractivity contribution in [3.05, 3.63) is 29.5 Å². The van der Waals surface area contributed by atoms with Crippen LogP contribution in [0.2, 0.25) is 0 Å². The molecule has 128 valence electrons. The van der Waals surface area contributed by atoms with Crippen LogP contribution in [-0.4, -0.2) is 36.2 Å². The number of amides is 2. The smallest absolute Gasteiger partial charge is 0.303 e. The first-order valence-electron chi connectivity index (χ1n) is 7.34. The Kier molecular flexibility index (Phi) is 5.78. The van der Waals surface area contributed by atoms with Gasteiger partial charge in [-0.05, 0) is 30.2 Å². The van der Waals surface area contributed by atoms with Gasteiger partial charge in [0.15, 0.2) is 11.5 Å². The molecule has 2 rings (SSSR count). The molecule has 0 saturated carbocycles. The van der Waals surface area contributed by atoms with Gasteiger partial charge in [0.25, 0.3) is 5.91 Å². The second kappa shape index (κ2) is 8.00. The topological polar surface area (TPSA) is 114 Å². The van der Waals surface area contributed by atoms with Gasteiger partial charge in [-0.25, -0.2) is 0 Å². The standard InChI is InChI=1S/C16H18N2O6/c1-10(19)18-12(16(22)17-6-2-3-15(20)21)7-11-4-5-13-14(8-11)24-9-23-13/h4-5,7-8H,2-3,6,9H2,1H3,(H,17,22)(H,18,19)(H,20,21)/b12-7-. The molecule has 0 fully saturated rings. The number of rotatable bonds is 7. The maximum absolute atomic E-state index is 12.2. The first-order chi connectivity index (χ1) is 11.5. The van der Waals surface area contributed by atoms with Crippen LogP contribution in [0, 0.1) is 0 Å². The van der Waals surface area contributed by atoms with Crippen molar-refractivity contribution in [2.75, 3.05) is 13.3 Å². The maximum atomic E-state index is 12.2. The molecule has 0 unspecified atom stereocenters. The Balaban J connectivity index is 2.07. The van der Waals surface area contributed by atoms with Crippen LogP contribution in [0.25, 0.3) is 6.08 Å². The molecule has 0 bridgehead atoms. The van der Waals surface area contributed by atoms with Gasteiger partial charge in [0.1, 0.15) is 5.70 Å². The van der Waals surface area contributed by atoms with Crippen molar-refractivity contribution in [2.45, 2.75) is 19.8 Å². The van der Waals surface area contributed by atoms with Crippen molar-refractivity contribution in [2.24, 2.45) is 0 Å². The summed E-state index contributed by atoms with van der Waals surface area (Å²) in [6.07, 6.45) is 1.77. The molecule has 0 spiro atoms. The Hall–Kier alpha value is -3.03. The van der Waals surface area contributed by atoms with Crippen LogP contribution in [0.15, 0.2) is 23.9 Å². The summed E-state index contributed by atoms with van der Waals surface area (Å²) >= 11 is 0. The Labute approximate surface area is 138 Å². The zero-order valence-electron chi connectivity index (χ0n) is 13.1. The summed E-state index contributed by atoms with van der Waals surface area (Å²) in [5.41, 5.74) is 0.723. The number of carbonyl (C=O) groups excluding carboxylic acids is 2. The number of ether oxygens (including phenoxy) is 2. The average Bonchev–Trinajstić information content (AvgIpc) is 2.97. The van der Waals surface area contributed by atoms with Gasteiger partial charge in [0.05, 0.1) is 0 Å². The normalized spacial score (nSPS) is 12.6. The highest BCUT2D eigenvalue weighted by Gasteiger charge is 2.15. The lowest BCUT2D eigenvalue weighted by Crippen LogP contribution is -2.34. The first-order valence-corrected chi connectivity index (χ1v) is 7.34. The van der Waals surface area contributed by atoms with Crippen LogP contribution in [0.5, 0.6) is 11.5 Å². The predicted octanol–water partition coefficient (Wildman–Crippen LogP) is 0.873. The number of nitrogens with one attached hydrogen (secondary N) is 2. The van der Waals surface area contributed by atoms with Gasteiger partial charge in [-0.15, -0.1) is 0 Å². The summed E-state index contributed by atoms with van der Waals surface area (Å²) < 4.78 is 10.5. The van der Waals surface area contributed by atoms with Gasteiger partial charge in [0, 0.05) is 19.9 Å². The van der Waals surface area contributed by atoms with Gasteiger partial charge in [-0.2, -0.15) is 0 Å². The highest BCUT2D eigenvalue weighted by Crippen LogP contribution is 2.32. The number of aliphatic carboxylic acids is 1. The summed E-state index contributed by atoms with van der Waals surface area (Å²) in [7, 11) is 0. The maximum Gasteiger partial charge on any atom is 0.303 e. The van der Waals surface area contributed by atoms with E-state index in [0.29, 0.717) is 23.5 Å². The molecule has 8 heteroatoms. The molecule has 1 heterocycles. The van der Waals surface area contributed by atoms with E-state index in [2.05, 4.69) is 10.6 Å². The summed E-state index contributed by atoms with van der Waals surface area (Å²) in [6.45, 7) is 1.64. The summed E-state index contributed by atoms with van der Waals surface area (Å²) in [5, 5.41) is 13.6. The van der Waals surface area contributed by atoms with Crippen LogP contribution in [0.1, 0.15) is 25.3 Å². The number of benzene rings is 1. The lowest BCUT2D eigenvalue weighted by molar-refractivity contribution is -0.137. The number of hydrogen-bond donors (Lipinski definition) is 3. The molecule has 0 radical (unpaired) electrons. The lowest BCUT2D eigenvalue weighted by atomic mass is 10.1. The third-order valence-electron chi connectivity index (χ3n) is 3.12. The highest BCUT2D eigenvalue weighted by atomic mass is 16.7. The molecule has 24 heavy (non-hydrogen) atoms. The van der Waals surface area contributed by atoms with Crippen LogP contribution in [-0.2, 0) is 14.4 Å². The van der Waals surface area contributed by atoms with Crippen molar-refractivity contribution in [1.82, 2.24) is 10.6 Å². The van der Waals surface area contributed by atoms with Crippen molar-refractivity contribution < 1.29 is 29.0 Å². The minimum Gasteiger partial charge on any atom is -0.481 e. The minimum absolute atomic E-state index is 0.0401. The molecule has 8 nitrogen and oxygen atoms in total. The van der Waals surface area contributed by atoms with Gasteiger partial charge in [-0.3, -0.25) is 14.4 Å². The molecule has 0 aromatic heterocycles. The molecular weight excluding hydrogens is 316 g/mol. The second-order valence-electron chi connectivity index (χ2n) is 5.11. The van der Waals surface area contributed by atoms with E-state index in [1.54, 1.807) is 18.2 Å². The summed E-state index contributed by atoms with van der Waals surface area (Å²) in [6, 6.07) is 5.14. The molecule has 1 aliphatic heterocycles. The minimum atomic E-state index is -0.928.